The third kappa shape index (κ3) is 3.64. The molecule has 1 amide bonds. The molecule has 1 aliphatic rings. The summed E-state index contributed by atoms with van der Waals surface area (Å²) in [4.78, 5) is 13.3. The van der Waals surface area contributed by atoms with E-state index in [4.69, 9.17) is 0 Å². The number of aliphatic hydroxyl groups is 1. The normalized spacial score (nSPS) is 27.9. The summed E-state index contributed by atoms with van der Waals surface area (Å²) in [7, 11) is 0. The molecule has 4 heteroatoms. The molecule has 82 valence electrons. The van der Waals surface area contributed by atoms with E-state index in [9.17, 15) is 9.90 Å². The van der Waals surface area contributed by atoms with Gasteiger partial charge in [-0.3, -0.25) is 9.69 Å². The molecular weight excluding hydrogens is 180 g/mol. The van der Waals surface area contributed by atoms with Crippen LogP contribution in [0.3, 0.4) is 0 Å². The maximum absolute atomic E-state index is 11.3. The van der Waals surface area contributed by atoms with Gasteiger partial charge >= 0.3 is 0 Å². The summed E-state index contributed by atoms with van der Waals surface area (Å²) >= 11 is 0. The Morgan fingerprint density at radius 2 is 2.36 bits per heavy atom. The van der Waals surface area contributed by atoms with E-state index in [0.717, 1.165) is 25.9 Å². The molecule has 0 saturated carbocycles. The second-order valence-electron chi connectivity index (χ2n) is 4.31. The molecule has 0 radical (unpaired) electrons. The van der Waals surface area contributed by atoms with Gasteiger partial charge in [0, 0.05) is 19.6 Å². The second-order valence-corrected chi connectivity index (χ2v) is 4.31. The zero-order valence-corrected chi connectivity index (χ0v) is 9.05. The summed E-state index contributed by atoms with van der Waals surface area (Å²) in [5, 5.41) is 12.5. The van der Waals surface area contributed by atoms with Crippen molar-refractivity contribution in [3.05, 3.63) is 0 Å². The number of likely N-dealkylation sites (tertiary alicyclic amines) is 1. The number of hydrogen-bond acceptors (Lipinski definition) is 3. The van der Waals surface area contributed by atoms with Gasteiger partial charge in [0.05, 0.1) is 12.1 Å². The first-order valence-corrected chi connectivity index (χ1v) is 5.25. The quantitative estimate of drug-likeness (QED) is 0.670. The molecule has 0 bridgehead atoms. The molecule has 0 aliphatic carbocycles. The average molecular weight is 200 g/mol. The lowest BCUT2D eigenvalue weighted by Crippen LogP contribution is -2.38. The summed E-state index contributed by atoms with van der Waals surface area (Å²) in [6.07, 6.45) is 1.72. The molecule has 2 N–H and O–H groups in total. The van der Waals surface area contributed by atoms with Crippen molar-refractivity contribution < 1.29 is 9.90 Å². The zero-order valence-electron chi connectivity index (χ0n) is 9.05. The van der Waals surface area contributed by atoms with E-state index in [1.165, 1.54) is 0 Å². The molecule has 0 spiro atoms. The Bertz CT molecular complexity index is 204. The molecule has 1 fully saturated rings. The van der Waals surface area contributed by atoms with Crippen LogP contribution in [0.1, 0.15) is 26.7 Å². The Morgan fingerprint density at radius 3 is 2.86 bits per heavy atom. The van der Waals surface area contributed by atoms with Gasteiger partial charge in [-0.05, 0) is 19.8 Å². The molecule has 1 rings (SSSR count). The summed E-state index contributed by atoms with van der Waals surface area (Å²) in [5.41, 5.74) is -0.606. The first-order valence-electron chi connectivity index (χ1n) is 5.25. The topological polar surface area (TPSA) is 52.6 Å². The molecule has 1 saturated heterocycles. The van der Waals surface area contributed by atoms with Crippen LogP contribution in [0.15, 0.2) is 0 Å². The van der Waals surface area contributed by atoms with Crippen molar-refractivity contribution in [1.82, 2.24) is 10.2 Å². The number of carbonyl (C=O) groups excluding carboxylic acids is 1. The van der Waals surface area contributed by atoms with Gasteiger partial charge < -0.3 is 10.4 Å². The minimum atomic E-state index is -0.606. The Hall–Kier alpha value is -0.610. The number of amides is 1. The van der Waals surface area contributed by atoms with Crippen molar-refractivity contribution in [3.63, 3.8) is 0 Å². The van der Waals surface area contributed by atoms with Gasteiger partial charge in [0.2, 0.25) is 5.91 Å². The summed E-state index contributed by atoms with van der Waals surface area (Å²) in [6.45, 7) is 6.41. The molecule has 1 aliphatic heterocycles. The van der Waals surface area contributed by atoms with Crippen molar-refractivity contribution in [2.75, 3.05) is 26.2 Å². The minimum Gasteiger partial charge on any atom is -0.389 e. The molecule has 1 atom stereocenters. The van der Waals surface area contributed by atoms with E-state index < -0.39 is 5.60 Å². The molecule has 14 heavy (non-hydrogen) atoms. The van der Waals surface area contributed by atoms with Crippen molar-refractivity contribution in [1.29, 1.82) is 0 Å². The van der Waals surface area contributed by atoms with E-state index in [2.05, 4.69) is 5.32 Å². The highest BCUT2D eigenvalue weighted by Gasteiger charge is 2.31. The van der Waals surface area contributed by atoms with Crippen LogP contribution in [-0.4, -0.2) is 47.7 Å². The highest BCUT2D eigenvalue weighted by Crippen LogP contribution is 2.19. The number of β-amino-alcohol motifs (C(OH)–C–C–N with tert-alkyl or cyclic N) is 1. The lowest BCUT2D eigenvalue weighted by Gasteiger charge is -2.18. The summed E-state index contributed by atoms with van der Waals surface area (Å²) < 4.78 is 0. The predicted molar refractivity (Wildman–Crippen MR) is 55.0 cm³/mol. The Kier molecular flexibility index (Phi) is 3.89. The maximum Gasteiger partial charge on any atom is 0.234 e. The van der Waals surface area contributed by atoms with Crippen LogP contribution in [0.25, 0.3) is 0 Å². The van der Waals surface area contributed by atoms with Crippen LogP contribution < -0.4 is 5.32 Å². The van der Waals surface area contributed by atoms with E-state index in [-0.39, 0.29) is 5.91 Å². The largest absolute Gasteiger partial charge is 0.389 e. The van der Waals surface area contributed by atoms with Gasteiger partial charge in [-0.1, -0.05) is 6.92 Å². The standard InChI is InChI=1S/C10H20N2O2/c1-3-5-11-9(13)7-12-6-4-10(2,14)8-12/h14H,3-8H2,1-2H3,(H,11,13). The average Bonchev–Trinajstić information content (AvgIpc) is 2.42. The summed E-state index contributed by atoms with van der Waals surface area (Å²) in [5.74, 6) is 0.0598. The fourth-order valence-corrected chi connectivity index (χ4v) is 1.70. The van der Waals surface area contributed by atoms with E-state index in [0.29, 0.717) is 13.1 Å². The lowest BCUT2D eigenvalue weighted by molar-refractivity contribution is -0.122. The first-order chi connectivity index (χ1) is 6.53. The predicted octanol–water partition coefficient (Wildman–Crippen LogP) is -0.0307. The molecule has 0 aromatic rings. The van der Waals surface area contributed by atoms with Gasteiger partial charge in [0.1, 0.15) is 0 Å². The van der Waals surface area contributed by atoms with Gasteiger partial charge in [0.25, 0.3) is 0 Å². The van der Waals surface area contributed by atoms with Crippen LogP contribution in [0.2, 0.25) is 0 Å². The number of nitrogens with one attached hydrogen (secondary N) is 1. The van der Waals surface area contributed by atoms with Crippen molar-refractivity contribution in [3.8, 4) is 0 Å². The van der Waals surface area contributed by atoms with Gasteiger partial charge in [-0.25, -0.2) is 0 Å². The van der Waals surface area contributed by atoms with Crippen molar-refractivity contribution in [2.45, 2.75) is 32.3 Å². The number of nitrogens with zero attached hydrogens (tertiary/aromatic N) is 1. The highest BCUT2D eigenvalue weighted by molar-refractivity contribution is 5.78. The highest BCUT2D eigenvalue weighted by atomic mass is 16.3. The fourth-order valence-electron chi connectivity index (χ4n) is 1.70. The third-order valence-electron chi connectivity index (χ3n) is 2.47. The van der Waals surface area contributed by atoms with Crippen molar-refractivity contribution >= 4 is 5.91 Å². The Labute approximate surface area is 85.3 Å². The van der Waals surface area contributed by atoms with Crippen molar-refractivity contribution in [2.24, 2.45) is 0 Å². The molecule has 1 heterocycles. The summed E-state index contributed by atoms with van der Waals surface area (Å²) in [6, 6.07) is 0. The third-order valence-corrected chi connectivity index (χ3v) is 2.47. The van der Waals surface area contributed by atoms with Crippen LogP contribution >= 0.6 is 0 Å². The fraction of sp³-hybridized carbons (Fsp3) is 0.900. The van der Waals surface area contributed by atoms with Crippen LogP contribution in [-0.2, 0) is 4.79 Å². The minimum absolute atomic E-state index is 0.0598. The Balaban J connectivity index is 2.22. The molecule has 4 nitrogen and oxygen atoms in total. The van der Waals surface area contributed by atoms with Crippen LogP contribution in [0, 0.1) is 0 Å². The monoisotopic (exact) mass is 200 g/mol. The molecule has 1 unspecified atom stereocenters. The van der Waals surface area contributed by atoms with Gasteiger partial charge in [0.15, 0.2) is 0 Å². The van der Waals surface area contributed by atoms with Gasteiger partial charge in [-0.15, -0.1) is 0 Å². The number of rotatable bonds is 4. The number of carbonyl (C=O) groups is 1. The Morgan fingerprint density at radius 1 is 1.64 bits per heavy atom. The lowest BCUT2D eigenvalue weighted by atomic mass is 10.1. The van der Waals surface area contributed by atoms with Crippen LogP contribution in [0.4, 0.5) is 0 Å². The molecule has 0 aromatic heterocycles. The van der Waals surface area contributed by atoms with E-state index in [1.807, 2.05) is 18.7 Å². The van der Waals surface area contributed by atoms with E-state index in [1.54, 1.807) is 0 Å². The van der Waals surface area contributed by atoms with Gasteiger partial charge in [-0.2, -0.15) is 0 Å². The number of hydrogen-bond donors (Lipinski definition) is 2. The molecular formula is C10H20N2O2. The SMILES string of the molecule is CCCNC(=O)CN1CCC(C)(O)C1. The smallest absolute Gasteiger partial charge is 0.234 e. The molecule has 0 aromatic carbocycles. The first kappa shape index (κ1) is 11.5. The van der Waals surface area contributed by atoms with Crippen LogP contribution in [0.5, 0.6) is 0 Å². The second kappa shape index (κ2) is 4.75. The van der Waals surface area contributed by atoms with E-state index >= 15 is 0 Å². The maximum atomic E-state index is 11.3. The zero-order chi connectivity index (χ0) is 10.6.